The Balaban J connectivity index is 1.87. The molecule has 1 amide bonds. The highest BCUT2D eigenvalue weighted by atomic mass is 35.5. The van der Waals surface area contributed by atoms with E-state index in [2.05, 4.69) is 4.99 Å². The molecule has 0 saturated carbocycles. The molecule has 0 N–H and O–H groups in total. The van der Waals surface area contributed by atoms with Crippen molar-refractivity contribution in [1.29, 1.82) is 0 Å². The summed E-state index contributed by atoms with van der Waals surface area (Å²) < 4.78 is 21.3. The fourth-order valence-corrected chi connectivity index (χ4v) is 5.22. The number of nitrogens with zero attached hydrogens (tertiary/aromatic N) is 2. The van der Waals surface area contributed by atoms with Gasteiger partial charge < -0.3 is 9.30 Å². The molecule has 2 aromatic heterocycles. The molecule has 2 aromatic carbocycles. The number of thiophene rings is 1. The maximum atomic E-state index is 13.6. The van der Waals surface area contributed by atoms with Gasteiger partial charge in [0.1, 0.15) is 17.2 Å². The Morgan fingerprint density at radius 1 is 1.18 bits per heavy atom. The number of methoxy groups -OCH3 is 1. The Kier molecular flexibility index (Phi) is 5.01. The van der Waals surface area contributed by atoms with Gasteiger partial charge in [0.05, 0.1) is 22.3 Å². The Morgan fingerprint density at radius 2 is 1.96 bits per heavy atom. The SMILES string of the molecule is COC(=O)Cn1c(=NC(=O)c2sc3ccccc3c2Cl)sc2cc(F)ccc21. The third-order valence-corrected chi connectivity index (χ3v) is 6.79. The maximum absolute atomic E-state index is 13.6. The highest BCUT2D eigenvalue weighted by molar-refractivity contribution is 7.21. The highest BCUT2D eigenvalue weighted by Crippen LogP contribution is 2.35. The van der Waals surface area contributed by atoms with Gasteiger partial charge in [-0.15, -0.1) is 11.3 Å². The van der Waals surface area contributed by atoms with Gasteiger partial charge in [-0.2, -0.15) is 4.99 Å². The van der Waals surface area contributed by atoms with Crippen LogP contribution in [-0.2, 0) is 16.1 Å². The van der Waals surface area contributed by atoms with Crippen molar-refractivity contribution in [2.45, 2.75) is 6.54 Å². The van der Waals surface area contributed by atoms with Crippen LogP contribution >= 0.6 is 34.3 Å². The minimum Gasteiger partial charge on any atom is -0.468 e. The number of rotatable bonds is 3. The topological polar surface area (TPSA) is 60.7 Å². The molecule has 4 rings (SSSR count). The molecule has 2 heterocycles. The number of amides is 1. The molecule has 5 nitrogen and oxygen atoms in total. The summed E-state index contributed by atoms with van der Waals surface area (Å²) >= 11 is 8.74. The van der Waals surface area contributed by atoms with Crippen LogP contribution in [-0.4, -0.2) is 23.6 Å². The van der Waals surface area contributed by atoms with Crippen LogP contribution in [0, 0.1) is 5.82 Å². The van der Waals surface area contributed by atoms with Crippen molar-refractivity contribution < 1.29 is 18.7 Å². The van der Waals surface area contributed by atoms with Crippen LogP contribution in [0.5, 0.6) is 0 Å². The third-order valence-electron chi connectivity index (χ3n) is 4.09. The lowest BCUT2D eigenvalue weighted by molar-refractivity contribution is -0.141. The minimum atomic E-state index is -0.517. The molecule has 0 aliphatic rings. The number of carbonyl (C=O) groups is 2. The van der Waals surface area contributed by atoms with Gasteiger partial charge in [0, 0.05) is 10.1 Å². The average Bonchev–Trinajstić information content (AvgIpc) is 3.19. The van der Waals surface area contributed by atoms with E-state index in [1.165, 1.54) is 35.1 Å². The molecule has 0 saturated heterocycles. The number of fused-ring (bicyclic) bond motifs is 2. The van der Waals surface area contributed by atoms with Crippen LogP contribution in [0.1, 0.15) is 9.67 Å². The highest BCUT2D eigenvalue weighted by Gasteiger charge is 2.18. The number of hydrogen-bond donors (Lipinski definition) is 0. The molecule has 4 aromatic rings. The van der Waals surface area contributed by atoms with Crippen LogP contribution < -0.4 is 4.80 Å². The molecule has 0 atom stereocenters. The van der Waals surface area contributed by atoms with E-state index in [0.29, 0.717) is 20.1 Å². The summed E-state index contributed by atoms with van der Waals surface area (Å²) in [4.78, 5) is 29.4. The number of carbonyl (C=O) groups excluding carboxylic acids is 2. The van der Waals surface area contributed by atoms with Gasteiger partial charge in [-0.05, 0) is 24.3 Å². The number of ether oxygens (including phenoxy) is 1. The largest absolute Gasteiger partial charge is 0.468 e. The van der Waals surface area contributed by atoms with Crippen LogP contribution in [0.2, 0.25) is 5.02 Å². The Labute approximate surface area is 171 Å². The van der Waals surface area contributed by atoms with Gasteiger partial charge in [0.25, 0.3) is 5.91 Å². The zero-order chi connectivity index (χ0) is 19.8. The lowest BCUT2D eigenvalue weighted by Crippen LogP contribution is -2.22. The average molecular weight is 435 g/mol. The van der Waals surface area contributed by atoms with E-state index in [-0.39, 0.29) is 11.3 Å². The summed E-state index contributed by atoms with van der Waals surface area (Å²) in [5.41, 5.74) is 0.589. The first kappa shape index (κ1) is 18.8. The second kappa shape index (κ2) is 7.46. The molecular weight excluding hydrogens is 423 g/mol. The molecule has 0 unspecified atom stereocenters. The zero-order valence-electron chi connectivity index (χ0n) is 14.4. The van der Waals surface area contributed by atoms with E-state index in [9.17, 15) is 14.0 Å². The van der Waals surface area contributed by atoms with Crippen LogP contribution in [0.25, 0.3) is 20.3 Å². The van der Waals surface area contributed by atoms with E-state index in [1.807, 2.05) is 24.3 Å². The standard InChI is InChI=1S/C19H12ClFN2O3S2/c1-26-15(24)9-23-12-7-6-10(21)8-14(12)28-19(23)22-18(25)17-16(20)11-4-2-3-5-13(11)27-17/h2-8H,9H2,1H3. The molecule has 0 spiro atoms. The lowest BCUT2D eigenvalue weighted by Gasteiger charge is -2.03. The number of hydrogen-bond acceptors (Lipinski definition) is 5. The number of thiazole rings is 1. The fraction of sp³-hybridized carbons (Fsp3) is 0.105. The van der Waals surface area contributed by atoms with Crippen LogP contribution in [0.4, 0.5) is 4.39 Å². The first-order valence-electron chi connectivity index (χ1n) is 8.09. The maximum Gasteiger partial charge on any atom is 0.325 e. The van der Waals surface area contributed by atoms with Crippen molar-refractivity contribution in [3.8, 4) is 0 Å². The number of benzene rings is 2. The van der Waals surface area contributed by atoms with Crippen LogP contribution in [0.3, 0.4) is 0 Å². The molecule has 0 aliphatic heterocycles. The van der Waals surface area contributed by atoms with E-state index in [1.54, 1.807) is 6.07 Å². The first-order chi connectivity index (χ1) is 13.5. The molecular formula is C19H12ClFN2O3S2. The van der Waals surface area contributed by atoms with Crippen molar-refractivity contribution >= 4 is 66.5 Å². The molecule has 0 radical (unpaired) electrons. The lowest BCUT2D eigenvalue weighted by atomic mass is 10.2. The second-order valence-electron chi connectivity index (χ2n) is 5.82. The van der Waals surface area contributed by atoms with E-state index >= 15 is 0 Å². The van der Waals surface area contributed by atoms with Crippen molar-refractivity contribution in [1.82, 2.24) is 4.57 Å². The molecule has 0 fully saturated rings. The molecule has 28 heavy (non-hydrogen) atoms. The quantitative estimate of drug-likeness (QED) is 0.442. The van der Waals surface area contributed by atoms with Crippen molar-refractivity contribution in [3.63, 3.8) is 0 Å². The van der Waals surface area contributed by atoms with E-state index in [4.69, 9.17) is 16.3 Å². The first-order valence-corrected chi connectivity index (χ1v) is 10.1. The van der Waals surface area contributed by atoms with Gasteiger partial charge in [-0.1, -0.05) is 41.1 Å². The van der Waals surface area contributed by atoms with Gasteiger partial charge in [-0.25, -0.2) is 4.39 Å². The van der Waals surface area contributed by atoms with Gasteiger partial charge in [0.15, 0.2) is 4.80 Å². The molecule has 0 bridgehead atoms. The van der Waals surface area contributed by atoms with Gasteiger partial charge in [-0.3, -0.25) is 9.59 Å². The van der Waals surface area contributed by atoms with Crippen molar-refractivity contribution in [3.05, 3.63) is 63.0 Å². The fourth-order valence-electron chi connectivity index (χ4n) is 2.77. The zero-order valence-corrected chi connectivity index (χ0v) is 16.8. The summed E-state index contributed by atoms with van der Waals surface area (Å²) in [6.45, 7) is -0.144. The molecule has 142 valence electrons. The van der Waals surface area contributed by atoms with E-state index < -0.39 is 17.7 Å². The number of esters is 1. The third kappa shape index (κ3) is 3.34. The normalized spacial score (nSPS) is 12.0. The molecule has 0 aliphatic carbocycles. The number of aromatic nitrogens is 1. The minimum absolute atomic E-state index is 0.144. The van der Waals surface area contributed by atoms with Gasteiger partial charge >= 0.3 is 5.97 Å². The van der Waals surface area contributed by atoms with Crippen molar-refractivity contribution in [2.24, 2.45) is 4.99 Å². The Hall–Kier alpha value is -2.55. The summed E-state index contributed by atoms with van der Waals surface area (Å²) in [6.07, 6.45) is 0. The monoisotopic (exact) mass is 434 g/mol. The summed E-state index contributed by atoms with van der Waals surface area (Å²) in [7, 11) is 1.27. The predicted molar refractivity (Wildman–Crippen MR) is 109 cm³/mol. The number of halogens is 2. The van der Waals surface area contributed by atoms with Crippen LogP contribution in [0.15, 0.2) is 47.5 Å². The second-order valence-corrected chi connectivity index (χ2v) is 8.26. The van der Waals surface area contributed by atoms with E-state index in [0.717, 1.165) is 21.4 Å². The summed E-state index contributed by atoms with van der Waals surface area (Å²) in [6, 6.07) is 11.6. The summed E-state index contributed by atoms with van der Waals surface area (Å²) in [5.74, 6) is -1.43. The van der Waals surface area contributed by atoms with Crippen molar-refractivity contribution in [2.75, 3.05) is 7.11 Å². The molecule has 9 heteroatoms. The summed E-state index contributed by atoms with van der Waals surface area (Å²) in [5, 5.41) is 1.13. The van der Waals surface area contributed by atoms with Gasteiger partial charge in [0.2, 0.25) is 0 Å². The predicted octanol–water partition coefficient (Wildman–Crippen LogP) is 4.62. The Bertz CT molecular complexity index is 1310. The Morgan fingerprint density at radius 3 is 2.71 bits per heavy atom. The smallest absolute Gasteiger partial charge is 0.325 e.